The Labute approximate surface area is 271 Å². The average molecular weight is 654 g/mol. The molecule has 4 saturated heterocycles. The Hall–Kier alpha value is -3.94. The summed E-state index contributed by atoms with van der Waals surface area (Å²) in [5.74, 6) is -7.14. The van der Waals surface area contributed by atoms with E-state index in [4.69, 9.17) is 4.74 Å². The van der Waals surface area contributed by atoms with Crippen molar-refractivity contribution in [1.82, 2.24) is 24.6 Å². The van der Waals surface area contributed by atoms with Crippen molar-refractivity contribution in [3.63, 3.8) is 0 Å². The molecule has 0 radical (unpaired) electrons. The SMILES string of the molecule is [2H][C@H]1[C@@H](C(=O)N[C@]2(C)O[C@@]3(O)[C@@H]4CCCN4C(=O)[C@H](Cc4ccccc4)N3C2=O)CN(C)[C@@H]2Cc3cn(C(F)(F)F)c4cccc(c34)[C@@]12[2H]. The molecule has 0 bridgehead atoms. The Balaban J connectivity index is 1.12. The van der Waals surface area contributed by atoms with Crippen LogP contribution in [0.3, 0.4) is 0 Å². The first-order chi connectivity index (χ1) is 23.1. The molecule has 1 aromatic heterocycles. The van der Waals surface area contributed by atoms with Gasteiger partial charge in [-0.25, -0.2) is 0 Å². The van der Waals surface area contributed by atoms with Gasteiger partial charge in [-0.3, -0.25) is 28.6 Å². The van der Waals surface area contributed by atoms with Crippen molar-refractivity contribution in [2.75, 3.05) is 20.1 Å². The number of likely N-dealkylation sites (N-methyl/N-ethyl adjacent to an activating group) is 1. The zero-order chi connectivity index (χ0) is 34.8. The predicted molar refractivity (Wildman–Crippen MR) is 162 cm³/mol. The minimum absolute atomic E-state index is 0.0135. The summed E-state index contributed by atoms with van der Waals surface area (Å²) in [7, 11) is 1.67. The number of fused-ring (bicyclic) bond motifs is 5. The Kier molecular flexibility index (Phi) is 6.15. The minimum atomic E-state index is -4.69. The van der Waals surface area contributed by atoms with Gasteiger partial charge in [0.15, 0.2) is 0 Å². The number of nitrogens with zero attached hydrogens (tertiary/aromatic N) is 4. The molecule has 2 N–H and O–H groups in total. The molecular weight excluding hydrogens is 615 g/mol. The number of carbonyl (C=O) groups is 3. The van der Waals surface area contributed by atoms with E-state index in [2.05, 4.69) is 5.32 Å². The fraction of sp³-hybridized carbons (Fsp3) is 0.500. The number of likely N-dealkylation sites (tertiary alicyclic amines) is 1. The van der Waals surface area contributed by atoms with Crippen LogP contribution in [0.25, 0.3) is 10.9 Å². The quantitative estimate of drug-likeness (QED) is 0.449. The highest BCUT2D eigenvalue weighted by Crippen LogP contribution is 2.48. The van der Waals surface area contributed by atoms with Gasteiger partial charge in [-0.2, -0.15) is 0 Å². The number of aliphatic hydroxyl groups is 1. The Morgan fingerprint density at radius 2 is 1.96 bits per heavy atom. The molecule has 3 amide bonds. The predicted octanol–water partition coefficient (Wildman–Crippen LogP) is 3.03. The van der Waals surface area contributed by atoms with Crippen LogP contribution in [0, 0.1) is 5.92 Å². The first kappa shape index (κ1) is 28.1. The van der Waals surface area contributed by atoms with Crippen LogP contribution in [0.15, 0.2) is 54.7 Å². The van der Waals surface area contributed by atoms with E-state index < -0.39 is 66.1 Å². The number of piperidine rings is 1. The van der Waals surface area contributed by atoms with Crippen LogP contribution >= 0.6 is 0 Å². The van der Waals surface area contributed by atoms with Gasteiger partial charge in [0.25, 0.3) is 11.8 Å². The van der Waals surface area contributed by atoms with Crippen LogP contribution in [-0.4, -0.2) is 92.0 Å². The van der Waals surface area contributed by atoms with Crippen molar-refractivity contribution >= 4 is 28.6 Å². The minimum Gasteiger partial charge on any atom is -0.347 e. The van der Waals surface area contributed by atoms with E-state index in [0.29, 0.717) is 24.9 Å². The van der Waals surface area contributed by atoms with Gasteiger partial charge < -0.3 is 20.2 Å². The summed E-state index contributed by atoms with van der Waals surface area (Å²) in [6.45, 7) is 1.68. The van der Waals surface area contributed by atoms with Crippen LogP contribution in [0.1, 0.15) is 51.5 Å². The van der Waals surface area contributed by atoms with E-state index in [9.17, 15) is 35.4 Å². The number of hydrogen-bond donors (Lipinski definition) is 2. The monoisotopic (exact) mass is 653 g/mol. The molecule has 8 rings (SSSR count). The zero-order valence-electron chi connectivity index (χ0n) is 27.8. The fourth-order valence-electron chi connectivity index (χ4n) is 8.44. The highest BCUT2D eigenvalue weighted by molar-refractivity contribution is 5.97. The van der Waals surface area contributed by atoms with E-state index in [1.54, 1.807) is 18.0 Å². The van der Waals surface area contributed by atoms with E-state index in [-0.39, 0.29) is 46.3 Å². The lowest BCUT2D eigenvalue weighted by Crippen LogP contribution is -2.71. The number of carbonyl (C=O) groups excluding carboxylic acids is 3. The van der Waals surface area contributed by atoms with Gasteiger partial charge in [-0.15, -0.1) is 13.2 Å². The molecule has 5 heterocycles. The van der Waals surface area contributed by atoms with Crippen molar-refractivity contribution in [3.05, 3.63) is 71.4 Å². The lowest BCUT2D eigenvalue weighted by Gasteiger charge is -2.48. The summed E-state index contributed by atoms with van der Waals surface area (Å²) < 4.78 is 67.3. The molecule has 0 spiro atoms. The van der Waals surface area contributed by atoms with Gasteiger partial charge in [-0.05, 0) is 62.4 Å². The van der Waals surface area contributed by atoms with E-state index >= 15 is 0 Å². The van der Waals surface area contributed by atoms with Crippen LogP contribution in [0.2, 0.25) is 0 Å². The number of alkyl halides is 3. The molecule has 47 heavy (non-hydrogen) atoms. The number of halogens is 3. The van der Waals surface area contributed by atoms with Crippen molar-refractivity contribution in [1.29, 1.82) is 0 Å². The summed E-state index contributed by atoms with van der Waals surface area (Å²) in [6.07, 6.45) is -3.92. The van der Waals surface area contributed by atoms with Crippen LogP contribution in [0.5, 0.6) is 0 Å². The van der Waals surface area contributed by atoms with Crippen molar-refractivity contribution in [2.45, 2.75) is 81.0 Å². The van der Waals surface area contributed by atoms with Crippen LogP contribution in [0.4, 0.5) is 13.2 Å². The number of benzene rings is 2. The molecule has 8 atom stereocenters. The molecule has 5 aliphatic rings. The standard InChI is InChI=1S/C34H36F3N5O5/c1-32(31(45)42-26(14-19-8-4-3-5-9-19)30(44)40-13-7-12-27(40)33(42,46)47-32)38-29(43)21-15-23-22-10-6-11-24-28(22)20(16-25(23)39(2)17-21)18-41(24)34(35,36)37/h3-6,8-11,18,21,23,25-27,46H,7,12-17H2,1-2H3,(H,38,43)/t21-,23-,25-,26+,27+,32-,33+/m1/s1/i15D,23D/t15-,21+,23+,25+,26-,27-,32+,33-/m0. The van der Waals surface area contributed by atoms with Gasteiger partial charge in [0, 0.05) is 45.8 Å². The molecular formula is C34H36F3N5O5. The second-order valence-corrected chi connectivity index (χ2v) is 13.4. The lowest BCUT2D eigenvalue weighted by atomic mass is 9.72. The maximum Gasteiger partial charge on any atom is 0.488 e. The van der Waals surface area contributed by atoms with Crippen molar-refractivity contribution < 1.29 is 40.1 Å². The van der Waals surface area contributed by atoms with Crippen LogP contribution in [-0.2, 0) is 38.3 Å². The Morgan fingerprint density at radius 3 is 2.70 bits per heavy atom. The number of hydrogen-bond acceptors (Lipinski definition) is 6. The number of piperazine rings is 1. The second-order valence-electron chi connectivity index (χ2n) is 13.4. The highest BCUT2D eigenvalue weighted by Gasteiger charge is 2.70. The number of rotatable bonds is 4. The summed E-state index contributed by atoms with van der Waals surface area (Å²) >= 11 is 0. The zero-order valence-corrected chi connectivity index (χ0v) is 25.8. The molecule has 4 aliphatic heterocycles. The number of ether oxygens (including phenoxy) is 1. The molecule has 0 saturated carbocycles. The molecule has 10 nitrogen and oxygen atoms in total. The molecule has 4 fully saturated rings. The first-order valence-electron chi connectivity index (χ1n) is 16.9. The van der Waals surface area contributed by atoms with Crippen molar-refractivity contribution in [3.8, 4) is 0 Å². The third kappa shape index (κ3) is 4.46. The van der Waals surface area contributed by atoms with Crippen LogP contribution < -0.4 is 5.32 Å². The first-order valence-corrected chi connectivity index (χ1v) is 15.9. The second kappa shape index (κ2) is 10.3. The van der Waals surface area contributed by atoms with Gasteiger partial charge in [0.2, 0.25) is 17.5 Å². The van der Waals surface area contributed by atoms with E-state index in [1.807, 2.05) is 30.3 Å². The Morgan fingerprint density at radius 1 is 1.19 bits per heavy atom. The topological polar surface area (TPSA) is 107 Å². The number of amides is 3. The molecule has 0 unspecified atom stereocenters. The smallest absolute Gasteiger partial charge is 0.347 e. The highest BCUT2D eigenvalue weighted by atomic mass is 19.4. The normalized spacial score (nSPS) is 37.4. The lowest BCUT2D eigenvalue weighted by molar-refractivity contribution is -0.315. The van der Waals surface area contributed by atoms with Gasteiger partial charge in [0.05, 0.1) is 11.4 Å². The summed E-state index contributed by atoms with van der Waals surface area (Å²) in [4.78, 5) is 46.5. The average Bonchev–Trinajstić information content (AvgIpc) is 3.74. The summed E-state index contributed by atoms with van der Waals surface area (Å²) in [5.41, 5.74) is -0.818. The number of aromatic nitrogens is 1. The van der Waals surface area contributed by atoms with Gasteiger partial charge in [-0.1, -0.05) is 42.5 Å². The van der Waals surface area contributed by atoms with Crippen molar-refractivity contribution in [2.24, 2.45) is 5.92 Å². The van der Waals surface area contributed by atoms with E-state index in [1.165, 1.54) is 24.0 Å². The fourth-order valence-corrected chi connectivity index (χ4v) is 8.44. The molecule has 3 aromatic rings. The molecule has 13 heteroatoms. The summed E-state index contributed by atoms with van der Waals surface area (Å²) in [5, 5.41) is 15.0. The third-order valence-electron chi connectivity index (χ3n) is 10.5. The molecule has 248 valence electrons. The largest absolute Gasteiger partial charge is 0.488 e. The molecule has 1 aliphatic carbocycles. The maximum atomic E-state index is 14.3. The molecule has 2 aromatic carbocycles. The number of nitrogens with one attached hydrogen (secondary N) is 1. The van der Waals surface area contributed by atoms with Gasteiger partial charge in [0.1, 0.15) is 12.1 Å². The Bertz CT molecular complexity index is 1890. The third-order valence-corrected chi connectivity index (χ3v) is 10.5. The van der Waals surface area contributed by atoms with E-state index in [0.717, 1.165) is 16.7 Å². The van der Waals surface area contributed by atoms with Gasteiger partial charge >= 0.3 is 6.30 Å². The summed E-state index contributed by atoms with van der Waals surface area (Å²) in [6, 6.07) is 10.7. The maximum absolute atomic E-state index is 14.3.